The van der Waals surface area contributed by atoms with Crippen molar-refractivity contribution in [1.82, 2.24) is 4.72 Å². The third-order valence-corrected chi connectivity index (χ3v) is 4.11. The van der Waals surface area contributed by atoms with E-state index < -0.39 is 22.0 Å². The predicted octanol–water partition coefficient (Wildman–Crippen LogP) is 0.321. The van der Waals surface area contributed by atoms with Gasteiger partial charge in [-0.15, -0.1) is 0 Å². The van der Waals surface area contributed by atoms with Gasteiger partial charge < -0.3 is 5.11 Å². The van der Waals surface area contributed by atoms with Gasteiger partial charge in [-0.1, -0.05) is 13.3 Å². The van der Waals surface area contributed by atoms with Crippen molar-refractivity contribution in [2.24, 2.45) is 0 Å². The van der Waals surface area contributed by atoms with E-state index in [1.54, 1.807) is 0 Å². The van der Waals surface area contributed by atoms with E-state index in [4.69, 9.17) is 5.11 Å². The maximum Gasteiger partial charge on any atom is 0.321 e. The Kier molecular flexibility index (Phi) is 3.49. The molecular formula is C8H15NO4S. The molecule has 1 saturated carbocycles. The van der Waals surface area contributed by atoms with Crippen LogP contribution in [0.15, 0.2) is 0 Å². The van der Waals surface area contributed by atoms with E-state index in [0.717, 1.165) is 0 Å². The molecule has 2 N–H and O–H groups in total. The van der Waals surface area contributed by atoms with E-state index in [9.17, 15) is 13.2 Å². The van der Waals surface area contributed by atoms with Crippen LogP contribution in [0.4, 0.5) is 0 Å². The maximum absolute atomic E-state index is 11.4. The van der Waals surface area contributed by atoms with Crippen molar-refractivity contribution in [3.8, 4) is 0 Å². The van der Waals surface area contributed by atoms with E-state index in [1.807, 2.05) is 6.92 Å². The fraction of sp³-hybridized carbons (Fsp3) is 0.875. The number of hydrogen-bond donors (Lipinski definition) is 2. The monoisotopic (exact) mass is 221 g/mol. The standard InChI is InChI=1S/C8H15NO4S/c1-2-3-7(8(10)11)9-14(12,13)6-4-5-6/h6-7,9H,2-5H2,1H3,(H,10,11)/t7-/m1/s1. The number of sulfonamides is 1. The third kappa shape index (κ3) is 2.95. The molecule has 0 saturated heterocycles. The Morgan fingerprint density at radius 3 is 2.50 bits per heavy atom. The normalized spacial score (nSPS) is 19.2. The third-order valence-electron chi connectivity index (χ3n) is 2.15. The maximum atomic E-state index is 11.4. The molecular weight excluding hydrogens is 206 g/mol. The summed E-state index contributed by atoms with van der Waals surface area (Å²) in [5.41, 5.74) is 0. The first kappa shape index (κ1) is 11.5. The van der Waals surface area contributed by atoms with Gasteiger partial charge in [0.05, 0.1) is 5.25 Å². The minimum absolute atomic E-state index is 0.335. The molecule has 0 aromatic carbocycles. The van der Waals surface area contributed by atoms with Gasteiger partial charge in [0.1, 0.15) is 6.04 Å². The number of hydrogen-bond acceptors (Lipinski definition) is 3. The minimum atomic E-state index is -3.38. The second-order valence-electron chi connectivity index (χ2n) is 3.54. The summed E-state index contributed by atoms with van der Waals surface area (Å²) in [6, 6.07) is -0.967. The summed E-state index contributed by atoms with van der Waals surface area (Å²) in [5.74, 6) is -1.10. The molecule has 1 aliphatic rings. The second kappa shape index (κ2) is 4.27. The van der Waals surface area contributed by atoms with Gasteiger partial charge in [0, 0.05) is 0 Å². The van der Waals surface area contributed by atoms with E-state index >= 15 is 0 Å². The average molecular weight is 221 g/mol. The Hall–Kier alpha value is -0.620. The second-order valence-corrected chi connectivity index (χ2v) is 5.53. The highest BCUT2D eigenvalue weighted by Crippen LogP contribution is 2.27. The van der Waals surface area contributed by atoms with Crippen molar-refractivity contribution >= 4 is 16.0 Å². The molecule has 0 unspecified atom stereocenters. The molecule has 0 amide bonds. The van der Waals surface area contributed by atoms with Crippen molar-refractivity contribution in [3.63, 3.8) is 0 Å². The van der Waals surface area contributed by atoms with Crippen LogP contribution in [-0.4, -0.2) is 30.8 Å². The minimum Gasteiger partial charge on any atom is -0.480 e. The molecule has 0 spiro atoms. The lowest BCUT2D eigenvalue weighted by Crippen LogP contribution is -2.42. The molecule has 1 rings (SSSR count). The van der Waals surface area contributed by atoms with Crippen molar-refractivity contribution in [2.75, 3.05) is 0 Å². The van der Waals surface area contributed by atoms with Crippen molar-refractivity contribution in [1.29, 1.82) is 0 Å². The smallest absolute Gasteiger partial charge is 0.321 e. The Bertz CT molecular complexity index is 307. The first-order valence-electron chi connectivity index (χ1n) is 4.71. The molecule has 1 fully saturated rings. The van der Waals surface area contributed by atoms with E-state index in [0.29, 0.717) is 25.7 Å². The summed E-state index contributed by atoms with van der Waals surface area (Å²) in [6.45, 7) is 1.82. The Morgan fingerprint density at radius 2 is 2.14 bits per heavy atom. The van der Waals surface area contributed by atoms with Gasteiger partial charge in [-0.3, -0.25) is 4.79 Å². The number of carbonyl (C=O) groups is 1. The first-order chi connectivity index (χ1) is 6.47. The van der Waals surface area contributed by atoms with E-state index in [2.05, 4.69) is 4.72 Å². The molecule has 0 aromatic heterocycles. The van der Waals surface area contributed by atoms with Crippen LogP contribution in [0.3, 0.4) is 0 Å². The van der Waals surface area contributed by atoms with Crippen LogP contribution < -0.4 is 4.72 Å². The van der Waals surface area contributed by atoms with Crippen molar-refractivity contribution < 1.29 is 18.3 Å². The van der Waals surface area contributed by atoms with Crippen LogP contribution in [0, 0.1) is 0 Å². The fourth-order valence-electron chi connectivity index (χ4n) is 1.19. The van der Waals surface area contributed by atoms with Gasteiger partial charge in [-0.05, 0) is 19.3 Å². The fourth-order valence-corrected chi connectivity index (χ4v) is 2.76. The largest absolute Gasteiger partial charge is 0.480 e. The molecule has 1 aliphatic carbocycles. The lowest BCUT2D eigenvalue weighted by Gasteiger charge is -2.13. The summed E-state index contributed by atoms with van der Waals surface area (Å²) in [6.07, 6.45) is 2.27. The Morgan fingerprint density at radius 1 is 1.57 bits per heavy atom. The number of carboxylic acid groups (broad SMARTS) is 1. The van der Waals surface area contributed by atoms with Gasteiger partial charge in [0.2, 0.25) is 10.0 Å². The molecule has 14 heavy (non-hydrogen) atoms. The van der Waals surface area contributed by atoms with E-state index in [-0.39, 0.29) is 5.25 Å². The van der Waals surface area contributed by atoms with Gasteiger partial charge in [-0.25, -0.2) is 13.1 Å². The zero-order valence-corrected chi connectivity index (χ0v) is 8.88. The van der Waals surface area contributed by atoms with Crippen LogP contribution in [0.2, 0.25) is 0 Å². The molecule has 0 heterocycles. The molecule has 6 heteroatoms. The van der Waals surface area contributed by atoms with Crippen molar-refractivity contribution in [2.45, 2.75) is 43.9 Å². The van der Waals surface area contributed by atoms with Crippen LogP contribution >= 0.6 is 0 Å². The molecule has 1 atom stereocenters. The zero-order chi connectivity index (χ0) is 10.8. The number of nitrogens with one attached hydrogen (secondary N) is 1. The highest BCUT2D eigenvalue weighted by molar-refractivity contribution is 7.90. The lowest BCUT2D eigenvalue weighted by atomic mass is 10.2. The summed E-state index contributed by atoms with van der Waals surface area (Å²) in [5, 5.41) is 8.38. The molecule has 0 bridgehead atoms. The van der Waals surface area contributed by atoms with Gasteiger partial charge >= 0.3 is 5.97 Å². The Labute approximate surface area is 83.6 Å². The predicted molar refractivity (Wildman–Crippen MR) is 51.4 cm³/mol. The van der Waals surface area contributed by atoms with Crippen LogP contribution in [0.5, 0.6) is 0 Å². The zero-order valence-electron chi connectivity index (χ0n) is 8.06. The quantitative estimate of drug-likeness (QED) is 0.676. The summed E-state index contributed by atoms with van der Waals surface area (Å²) >= 11 is 0. The number of aliphatic carboxylic acids is 1. The number of carboxylic acids is 1. The Balaban J connectivity index is 2.58. The van der Waals surface area contributed by atoms with Gasteiger partial charge in [-0.2, -0.15) is 0 Å². The van der Waals surface area contributed by atoms with Gasteiger partial charge in [0.25, 0.3) is 0 Å². The molecule has 82 valence electrons. The topological polar surface area (TPSA) is 83.5 Å². The SMILES string of the molecule is CCC[C@@H](NS(=O)(=O)C1CC1)C(=O)O. The highest BCUT2D eigenvalue weighted by atomic mass is 32.2. The van der Waals surface area contributed by atoms with Crippen molar-refractivity contribution in [3.05, 3.63) is 0 Å². The average Bonchev–Trinajstić information content (AvgIpc) is 2.84. The van der Waals surface area contributed by atoms with Crippen LogP contribution in [-0.2, 0) is 14.8 Å². The van der Waals surface area contributed by atoms with E-state index in [1.165, 1.54) is 0 Å². The molecule has 0 aliphatic heterocycles. The highest BCUT2D eigenvalue weighted by Gasteiger charge is 2.38. The molecule has 0 aromatic rings. The summed E-state index contributed by atoms with van der Waals surface area (Å²) < 4.78 is 25.0. The molecule has 5 nitrogen and oxygen atoms in total. The first-order valence-corrected chi connectivity index (χ1v) is 6.26. The van der Waals surface area contributed by atoms with Crippen LogP contribution in [0.1, 0.15) is 32.6 Å². The van der Waals surface area contributed by atoms with Gasteiger partial charge in [0.15, 0.2) is 0 Å². The molecule has 0 radical (unpaired) electrons. The van der Waals surface area contributed by atoms with Crippen LogP contribution in [0.25, 0.3) is 0 Å². The summed E-state index contributed by atoms with van der Waals surface area (Å²) in [4.78, 5) is 10.7. The number of rotatable bonds is 6. The lowest BCUT2D eigenvalue weighted by molar-refractivity contribution is -0.139. The summed E-state index contributed by atoms with van der Waals surface area (Å²) in [7, 11) is -3.38.